The van der Waals surface area contributed by atoms with Crippen LogP contribution < -0.4 is 10.6 Å². The van der Waals surface area contributed by atoms with Crippen molar-refractivity contribution in [1.82, 2.24) is 5.32 Å². The molecule has 1 aliphatic heterocycles. The maximum atomic E-state index is 10.9. The lowest BCUT2D eigenvalue weighted by molar-refractivity contribution is -0.114. The first-order chi connectivity index (χ1) is 7.74. The largest absolute Gasteiger partial charge is 0.326 e. The number of hydrogen-bond acceptors (Lipinski definition) is 3. The quantitative estimate of drug-likeness (QED) is 0.847. The minimum Gasteiger partial charge on any atom is -0.326 e. The smallest absolute Gasteiger partial charge is 0.221 e. The number of anilines is 1. The van der Waals surface area contributed by atoms with Crippen LogP contribution in [0.1, 0.15) is 19.8 Å². The summed E-state index contributed by atoms with van der Waals surface area (Å²) in [7, 11) is 0. The standard InChI is InChI=1S/C12H16N2OS/c1-9(15)14-10-4-6-11(7-5-10)16-12-3-2-8-13-12/h4-7,12-13H,2-3,8H2,1H3,(H,14,15). The number of rotatable bonds is 3. The van der Waals surface area contributed by atoms with Crippen molar-refractivity contribution in [3.05, 3.63) is 24.3 Å². The molecule has 1 amide bonds. The van der Waals surface area contributed by atoms with Crippen molar-refractivity contribution < 1.29 is 4.79 Å². The van der Waals surface area contributed by atoms with E-state index in [0.717, 1.165) is 12.2 Å². The average Bonchev–Trinajstić information content (AvgIpc) is 2.73. The lowest BCUT2D eigenvalue weighted by Gasteiger charge is -2.10. The summed E-state index contributed by atoms with van der Waals surface area (Å²) in [5, 5.41) is 6.75. The van der Waals surface area contributed by atoms with Gasteiger partial charge in [0.2, 0.25) is 5.91 Å². The minimum absolute atomic E-state index is 0.0298. The normalized spacial score (nSPS) is 19.7. The third kappa shape index (κ3) is 3.25. The molecule has 1 aliphatic rings. The Morgan fingerprint density at radius 1 is 1.44 bits per heavy atom. The Morgan fingerprint density at radius 2 is 2.19 bits per heavy atom. The minimum atomic E-state index is -0.0298. The van der Waals surface area contributed by atoms with Gasteiger partial charge >= 0.3 is 0 Å². The molecule has 3 nitrogen and oxygen atoms in total. The van der Waals surface area contributed by atoms with Gasteiger partial charge in [-0.3, -0.25) is 4.79 Å². The molecule has 86 valence electrons. The van der Waals surface area contributed by atoms with Gasteiger partial charge in [-0.2, -0.15) is 0 Å². The fourth-order valence-electron chi connectivity index (χ4n) is 1.74. The molecule has 0 aromatic heterocycles. The summed E-state index contributed by atoms with van der Waals surface area (Å²) in [5.74, 6) is -0.0298. The van der Waals surface area contributed by atoms with Crippen LogP contribution in [0.15, 0.2) is 29.2 Å². The zero-order valence-corrected chi connectivity index (χ0v) is 10.1. The molecule has 1 unspecified atom stereocenters. The van der Waals surface area contributed by atoms with Gasteiger partial charge in [0.15, 0.2) is 0 Å². The van der Waals surface area contributed by atoms with Crippen molar-refractivity contribution in [2.24, 2.45) is 0 Å². The summed E-state index contributed by atoms with van der Waals surface area (Å²) in [6, 6.07) is 7.99. The monoisotopic (exact) mass is 236 g/mol. The van der Waals surface area contributed by atoms with E-state index in [1.165, 1.54) is 24.7 Å². The van der Waals surface area contributed by atoms with E-state index < -0.39 is 0 Å². The molecular formula is C12H16N2OS. The second-order valence-electron chi connectivity index (χ2n) is 3.91. The van der Waals surface area contributed by atoms with Crippen LogP contribution >= 0.6 is 11.8 Å². The van der Waals surface area contributed by atoms with Crippen LogP contribution in [0.3, 0.4) is 0 Å². The van der Waals surface area contributed by atoms with E-state index in [-0.39, 0.29) is 5.91 Å². The maximum absolute atomic E-state index is 10.9. The molecule has 0 radical (unpaired) electrons. The summed E-state index contributed by atoms with van der Waals surface area (Å²) < 4.78 is 0. The summed E-state index contributed by atoms with van der Waals surface area (Å²) in [6.45, 7) is 2.65. The van der Waals surface area contributed by atoms with Crippen LogP contribution in [0.25, 0.3) is 0 Å². The molecule has 0 saturated carbocycles. The average molecular weight is 236 g/mol. The number of nitrogens with one attached hydrogen (secondary N) is 2. The molecule has 1 aromatic rings. The fourth-order valence-corrected chi connectivity index (χ4v) is 2.84. The Labute approximate surface area is 100.0 Å². The maximum Gasteiger partial charge on any atom is 0.221 e. The van der Waals surface area contributed by atoms with Crippen LogP contribution in [-0.2, 0) is 4.79 Å². The number of carbonyl (C=O) groups is 1. The van der Waals surface area contributed by atoms with Gasteiger partial charge in [0.1, 0.15) is 0 Å². The highest BCUT2D eigenvalue weighted by Crippen LogP contribution is 2.27. The zero-order valence-electron chi connectivity index (χ0n) is 9.32. The van der Waals surface area contributed by atoms with E-state index in [0.29, 0.717) is 5.37 Å². The fraction of sp³-hybridized carbons (Fsp3) is 0.417. The summed E-state index contributed by atoms with van der Waals surface area (Å²) in [4.78, 5) is 12.1. The van der Waals surface area contributed by atoms with Gasteiger partial charge in [-0.15, -0.1) is 11.8 Å². The third-order valence-electron chi connectivity index (χ3n) is 2.47. The highest BCUT2D eigenvalue weighted by atomic mass is 32.2. The van der Waals surface area contributed by atoms with Gasteiger partial charge in [-0.1, -0.05) is 0 Å². The first-order valence-corrected chi connectivity index (χ1v) is 6.40. The zero-order chi connectivity index (χ0) is 11.4. The van der Waals surface area contributed by atoms with E-state index in [1.807, 2.05) is 23.9 Å². The van der Waals surface area contributed by atoms with E-state index in [4.69, 9.17) is 0 Å². The van der Waals surface area contributed by atoms with Crippen LogP contribution in [0.4, 0.5) is 5.69 Å². The van der Waals surface area contributed by atoms with E-state index >= 15 is 0 Å². The van der Waals surface area contributed by atoms with Crippen molar-refractivity contribution in [3.8, 4) is 0 Å². The molecule has 2 N–H and O–H groups in total. The van der Waals surface area contributed by atoms with Gasteiger partial charge < -0.3 is 10.6 Å². The Morgan fingerprint density at radius 3 is 2.75 bits per heavy atom. The number of hydrogen-bond donors (Lipinski definition) is 2. The highest BCUT2D eigenvalue weighted by Gasteiger charge is 2.14. The van der Waals surface area contributed by atoms with Crippen LogP contribution in [0.2, 0.25) is 0 Å². The number of amides is 1. The lowest BCUT2D eigenvalue weighted by Crippen LogP contribution is -2.16. The van der Waals surface area contributed by atoms with Gasteiger partial charge in [-0.05, 0) is 43.7 Å². The van der Waals surface area contributed by atoms with Crippen molar-refractivity contribution in [2.45, 2.75) is 30.0 Å². The van der Waals surface area contributed by atoms with Gasteiger partial charge in [0, 0.05) is 17.5 Å². The van der Waals surface area contributed by atoms with Crippen molar-refractivity contribution in [1.29, 1.82) is 0 Å². The molecule has 16 heavy (non-hydrogen) atoms. The predicted octanol–water partition coefficient (Wildman–Crippen LogP) is 2.45. The Kier molecular flexibility index (Phi) is 3.85. The van der Waals surface area contributed by atoms with E-state index in [9.17, 15) is 4.79 Å². The third-order valence-corrected chi connectivity index (χ3v) is 3.70. The van der Waals surface area contributed by atoms with E-state index in [1.54, 1.807) is 0 Å². The first-order valence-electron chi connectivity index (χ1n) is 5.52. The van der Waals surface area contributed by atoms with Crippen molar-refractivity contribution >= 4 is 23.4 Å². The second-order valence-corrected chi connectivity index (χ2v) is 5.18. The highest BCUT2D eigenvalue weighted by molar-refractivity contribution is 7.99. The molecule has 0 spiro atoms. The van der Waals surface area contributed by atoms with Crippen molar-refractivity contribution in [3.63, 3.8) is 0 Å². The lowest BCUT2D eigenvalue weighted by atomic mass is 10.3. The SMILES string of the molecule is CC(=O)Nc1ccc(SC2CCCN2)cc1. The van der Waals surface area contributed by atoms with Gasteiger partial charge in [0.25, 0.3) is 0 Å². The Balaban J connectivity index is 1.93. The summed E-state index contributed by atoms with van der Waals surface area (Å²) in [5.41, 5.74) is 0.858. The molecule has 4 heteroatoms. The Bertz CT molecular complexity index is 358. The topological polar surface area (TPSA) is 41.1 Å². The molecule has 1 fully saturated rings. The molecule has 0 bridgehead atoms. The van der Waals surface area contributed by atoms with Crippen LogP contribution in [0, 0.1) is 0 Å². The second kappa shape index (κ2) is 5.37. The molecule has 1 atom stereocenters. The molecule has 0 aliphatic carbocycles. The van der Waals surface area contributed by atoms with Gasteiger partial charge in [-0.25, -0.2) is 0 Å². The Hall–Kier alpha value is -1.00. The van der Waals surface area contributed by atoms with E-state index in [2.05, 4.69) is 22.8 Å². The summed E-state index contributed by atoms with van der Waals surface area (Å²) >= 11 is 1.85. The molecule has 1 saturated heterocycles. The molecule has 1 heterocycles. The number of carbonyl (C=O) groups excluding carboxylic acids is 1. The number of benzene rings is 1. The summed E-state index contributed by atoms with van der Waals surface area (Å²) in [6.07, 6.45) is 2.50. The number of thioether (sulfide) groups is 1. The van der Waals surface area contributed by atoms with Crippen molar-refractivity contribution in [2.75, 3.05) is 11.9 Å². The predicted molar refractivity (Wildman–Crippen MR) is 67.6 cm³/mol. The molecule has 1 aromatic carbocycles. The van der Waals surface area contributed by atoms with Crippen LogP contribution in [-0.4, -0.2) is 17.8 Å². The van der Waals surface area contributed by atoms with Gasteiger partial charge in [0.05, 0.1) is 5.37 Å². The first kappa shape index (κ1) is 11.5. The molecular weight excluding hydrogens is 220 g/mol. The van der Waals surface area contributed by atoms with Crippen LogP contribution in [0.5, 0.6) is 0 Å². The molecule has 2 rings (SSSR count).